The Morgan fingerprint density at radius 1 is 0.806 bits per heavy atom. The number of carbonyl (C=O) groups is 5. The predicted molar refractivity (Wildman–Crippen MR) is 119 cm³/mol. The van der Waals surface area contributed by atoms with Gasteiger partial charge in [-0.15, -0.1) is 0 Å². The fraction of sp³-hybridized carbons (Fsp3) is 0.320. The molecule has 0 fully saturated rings. The SMILES string of the molecule is C[N+](C)(C)CC(CC(=O)[O-])OC(=O)C(O)(C(=O)c1ccccc1)C(O)(C(=O)[O-])C(=O)c1ccccc1. The number of esters is 1. The van der Waals surface area contributed by atoms with E-state index in [0.29, 0.717) is 0 Å². The Bertz CT molecular complexity index is 1140. The first-order valence-electron chi connectivity index (χ1n) is 10.7. The van der Waals surface area contributed by atoms with E-state index in [1.54, 1.807) is 21.1 Å². The van der Waals surface area contributed by atoms with Crippen LogP contribution < -0.4 is 10.2 Å². The van der Waals surface area contributed by atoms with Gasteiger partial charge in [0, 0.05) is 23.5 Å². The van der Waals surface area contributed by atoms with Gasteiger partial charge in [0.2, 0.25) is 17.2 Å². The van der Waals surface area contributed by atoms with Crippen LogP contribution in [0.4, 0.5) is 0 Å². The lowest BCUT2D eigenvalue weighted by Crippen LogP contribution is -2.74. The minimum atomic E-state index is -4.15. The second kappa shape index (κ2) is 10.8. The lowest BCUT2D eigenvalue weighted by molar-refractivity contribution is -0.873. The van der Waals surface area contributed by atoms with E-state index in [-0.39, 0.29) is 11.0 Å². The molecular formula is C25H26NO10-. The van der Waals surface area contributed by atoms with Crippen LogP contribution in [0.3, 0.4) is 0 Å². The van der Waals surface area contributed by atoms with E-state index in [9.17, 15) is 44.4 Å². The molecule has 0 amide bonds. The standard InChI is InChI=1S/C25H27NO10/c1-26(2,3)15-18(14-19(27)28)36-23(33)25(35,21(30)17-12-8-5-9-13-17)24(34,22(31)32)20(29)16-10-6-4-7-11-16/h4-13,18,34-35H,14-15H2,1-3H3,(H-,27,28,31,32)/p-1. The third-order valence-electron chi connectivity index (χ3n) is 5.26. The summed E-state index contributed by atoms with van der Waals surface area (Å²) < 4.78 is 5.12. The van der Waals surface area contributed by atoms with Crippen molar-refractivity contribution in [2.24, 2.45) is 0 Å². The minimum absolute atomic E-state index is 0.0456. The monoisotopic (exact) mass is 500 g/mol. The number of carboxylic acid groups (broad SMARTS) is 2. The van der Waals surface area contributed by atoms with Crippen LogP contribution in [0.1, 0.15) is 27.1 Å². The van der Waals surface area contributed by atoms with Crippen LogP contribution in [-0.2, 0) is 19.1 Å². The second-order valence-electron chi connectivity index (χ2n) is 9.17. The number of rotatable bonds is 12. The van der Waals surface area contributed by atoms with Gasteiger partial charge in [0.15, 0.2) is 6.10 Å². The van der Waals surface area contributed by atoms with Crippen molar-refractivity contribution < 1.29 is 53.6 Å². The summed E-state index contributed by atoms with van der Waals surface area (Å²) in [5.74, 6) is -9.75. The van der Waals surface area contributed by atoms with Gasteiger partial charge in [0.25, 0.3) is 5.60 Å². The van der Waals surface area contributed by atoms with Crippen LogP contribution in [0.25, 0.3) is 0 Å². The van der Waals surface area contributed by atoms with E-state index in [4.69, 9.17) is 4.74 Å². The van der Waals surface area contributed by atoms with Gasteiger partial charge in [-0.25, -0.2) is 4.79 Å². The van der Waals surface area contributed by atoms with Gasteiger partial charge in [-0.2, -0.15) is 0 Å². The van der Waals surface area contributed by atoms with Crippen molar-refractivity contribution >= 4 is 29.5 Å². The molecule has 2 aromatic carbocycles. The number of quaternary nitrogens is 1. The largest absolute Gasteiger partial charge is 0.550 e. The summed E-state index contributed by atoms with van der Waals surface area (Å²) in [6.45, 7) is -0.175. The fourth-order valence-electron chi connectivity index (χ4n) is 3.58. The van der Waals surface area contributed by atoms with Gasteiger partial charge >= 0.3 is 5.97 Å². The Hall–Kier alpha value is -3.93. The first kappa shape index (κ1) is 28.3. The number of likely N-dealkylation sites (N-methyl/N-ethyl adjacent to an activating group) is 1. The third-order valence-corrected chi connectivity index (χ3v) is 5.26. The number of carbonyl (C=O) groups excluding carboxylic acids is 5. The summed E-state index contributed by atoms with van der Waals surface area (Å²) in [7, 11) is 4.86. The quantitative estimate of drug-likeness (QED) is 0.139. The van der Waals surface area contributed by atoms with Gasteiger partial charge in [-0.05, 0) is 0 Å². The molecule has 192 valence electrons. The molecule has 11 heteroatoms. The molecule has 2 N–H and O–H groups in total. The Morgan fingerprint density at radius 3 is 1.58 bits per heavy atom. The van der Waals surface area contributed by atoms with Gasteiger partial charge in [-0.3, -0.25) is 9.59 Å². The van der Waals surface area contributed by atoms with Gasteiger partial charge in [-0.1, -0.05) is 60.7 Å². The minimum Gasteiger partial charge on any atom is -0.550 e. The lowest BCUT2D eigenvalue weighted by Gasteiger charge is -2.40. The molecular weight excluding hydrogens is 474 g/mol. The maximum absolute atomic E-state index is 13.4. The fourth-order valence-corrected chi connectivity index (χ4v) is 3.58. The van der Waals surface area contributed by atoms with Crippen LogP contribution in [-0.4, -0.2) is 89.2 Å². The maximum Gasteiger partial charge on any atom is 0.351 e. The number of carboxylic acids is 2. The number of aliphatic hydroxyl groups is 2. The highest BCUT2D eigenvalue weighted by Crippen LogP contribution is 2.32. The summed E-state index contributed by atoms with van der Waals surface area (Å²) in [4.78, 5) is 63.4. The zero-order valence-electron chi connectivity index (χ0n) is 19.9. The van der Waals surface area contributed by atoms with Crippen molar-refractivity contribution in [3.63, 3.8) is 0 Å². The van der Waals surface area contributed by atoms with E-state index in [1.807, 2.05) is 0 Å². The highest BCUT2D eigenvalue weighted by atomic mass is 16.6. The Kier molecular flexibility index (Phi) is 8.47. The molecule has 0 aliphatic rings. The third kappa shape index (κ3) is 5.82. The number of Topliss-reactive ketones (excluding diaryl/α,β-unsaturated/α-hetero) is 2. The smallest absolute Gasteiger partial charge is 0.351 e. The summed E-state index contributed by atoms with van der Waals surface area (Å²) in [5.41, 5.74) is -9.12. The average molecular weight is 500 g/mol. The first-order valence-corrected chi connectivity index (χ1v) is 10.7. The molecule has 2 rings (SSSR count). The highest BCUT2D eigenvalue weighted by Gasteiger charge is 2.67. The molecule has 0 spiro atoms. The number of benzene rings is 2. The van der Waals surface area contributed by atoms with Crippen LogP contribution in [0.2, 0.25) is 0 Å². The molecule has 0 saturated carbocycles. The molecule has 0 saturated heterocycles. The topological polar surface area (TPSA) is 181 Å². The number of ether oxygens (including phenoxy) is 1. The van der Waals surface area contributed by atoms with Crippen LogP contribution >= 0.6 is 0 Å². The van der Waals surface area contributed by atoms with E-state index in [2.05, 4.69) is 0 Å². The molecule has 0 aromatic heterocycles. The highest BCUT2D eigenvalue weighted by molar-refractivity contribution is 6.28. The maximum atomic E-state index is 13.4. The van der Waals surface area contributed by atoms with E-state index in [0.717, 1.165) is 24.3 Å². The zero-order valence-corrected chi connectivity index (χ0v) is 19.9. The number of hydrogen-bond donors (Lipinski definition) is 2. The van der Waals surface area contributed by atoms with E-state index < -0.39 is 64.3 Å². The molecule has 0 aliphatic heterocycles. The van der Waals surface area contributed by atoms with Gasteiger partial charge in [0.05, 0.1) is 27.1 Å². The Morgan fingerprint density at radius 2 is 1.22 bits per heavy atom. The van der Waals surface area contributed by atoms with Crippen molar-refractivity contribution in [2.45, 2.75) is 23.7 Å². The summed E-state index contributed by atoms with van der Waals surface area (Å²) >= 11 is 0. The van der Waals surface area contributed by atoms with Crippen LogP contribution in [0.15, 0.2) is 60.7 Å². The van der Waals surface area contributed by atoms with Crippen molar-refractivity contribution in [3.8, 4) is 0 Å². The molecule has 2 aromatic rings. The molecule has 0 bridgehead atoms. The Labute approximate surface area is 206 Å². The number of aliphatic carboxylic acids is 2. The van der Waals surface area contributed by atoms with Gasteiger partial charge in [0.1, 0.15) is 6.54 Å². The molecule has 0 radical (unpaired) electrons. The zero-order chi connectivity index (χ0) is 27.3. The number of nitrogens with zero attached hydrogens (tertiary/aromatic N) is 1. The second-order valence-corrected chi connectivity index (χ2v) is 9.17. The summed E-state index contributed by atoms with van der Waals surface area (Å²) in [5, 5.41) is 46.0. The van der Waals surface area contributed by atoms with Crippen molar-refractivity contribution in [1.29, 1.82) is 0 Å². The van der Waals surface area contributed by atoms with Crippen LogP contribution in [0.5, 0.6) is 0 Å². The summed E-state index contributed by atoms with van der Waals surface area (Å²) in [6, 6.07) is 12.6. The molecule has 11 nitrogen and oxygen atoms in total. The summed E-state index contributed by atoms with van der Waals surface area (Å²) in [6.07, 6.45) is -2.41. The van der Waals surface area contributed by atoms with Crippen molar-refractivity contribution in [2.75, 3.05) is 27.7 Å². The lowest BCUT2D eigenvalue weighted by atomic mass is 9.73. The van der Waals surface area contributed by atoms with Crippen LogP contribution in [0, 0.1) is 0 Å². The average Bonchev–Trinajstić information content (AvgIpc) is 2.81. The van der Waals surface area contributed by atoms with E-state index >= 15 is 0 Å². The van der Waals surface area contributed by atoms with Gasteiger partial charge < -0.3 is 39.2 Å². The molecule has 36 heavy (non-hydrogen) atoms. The Balaban J connectivity index is 2.72. The number of hydrogen-bond acceptors (Lipinski definition) is 10. The molecule has 0 heterocycles. The van der Waals surface area contributed by atoms with Crippen molar-refractivity contribution in [1.82, 2.24) is 0 Å². The number of ketones is 2. The molecule has 3 unspecified atom stereocenters. The first-order chi connectivity index (χ1) is 16.6. The molecule has 3 atom stereocenters. The predicted octanol–water partition coefficient (Wildman–Crippen LogP) is -2.28. The van der Waals surface area contributed by atoms with Crippen molar-refractivity contribution in [3.05, 3.63) is 71.8 Å². The normalized spacial score (nSPS) is 15.6. The van der Waals surface area contributed by atoms with E-state index in [1.165, 1.54) is 36.4 Å². The molecule has 0 aliphatic carbocycles.